The molecule has 1 aromatic carbocycles. The van der Waals surface area contributed by atoms with Gasteiger partial charge in [0.05, 0.1) is 23.5 Å². The Morgan fingerprint density at radius 3 is 2.58 bits per heavy atom. The third-order valence-electron chi connectivity index (χ3n) is 3.92. The minimum absolute atomic E-state index is 0.0314. The summed E-state index contributed by atoms with van der Waals surface area (Å²) in [5, 5.41) is 7.71. The number of likely N-dealkylation sites (tertiary alicyclic amines) is 1. The van der Waals surface area contributed by atoms with Crippen LogP contribution in [-0.4, -0.2) is 51.4 Å². The number of benzene rings is 1. The molecule has 1 fully saturated rings. The first-order valence-corrected chi connectivity index (χ1v) is 8.99. The van der Waals surface area contributed by atoms with Gasteiger partial charge >= 0.3 is 0 Å². The van der Waals surface area contributed by atoms with E-state index in [1.807, 2.05) is 6.92 Å². The van der Waals surface area contributed by atoms with E-state index < -0.39 is 15.9 Å². The molecule has 2 amide bonds. The number of anilines is 1. The Balaban J connectivity index is 1.99. The summed E-state index contributed by atoms with van der Waals surface area (Å²) in [4.78, 5) is 25.9. The van der Waals surface area contributed by atoms with Crippen LogP contribution in [0.4, 0.5) is 5.69 Å². The molecule has 1 saturated heterocycles. The summed E-state index contributed by atoms with van der Waals surface area (Å²) in [6, 6.07) is 5.46. The van der Waals surface area contributed by atoms with E-state index in [0.29, 0.717) is 18.8 Å². The van der Waals surface area contributed by atoms with Gasteiger partial charge in [-0.25, -0.2) is 13.6 Å². The van der Waals surface area contributed by atoms with Gasteiger partial charge in [0.15, 0.2) is 0 Å². The summed E-state index contributed by atoms with van der Waals surface area (Å²) in [6.45, 7) is 2.62. The van der Waals surface area contributed by atoms with Gasteiger partial charge in [-0.2, -0.15) is 0 Å². The predicted molar refractivity (Wildman–Crippen MR) is 87.6 cm³/mol. The van der Waals surface area contributed by atoms with E-state index >= 15 is 0 Å². The summed E-state index contributed by atoms with van der Waals surface area (Å²) in [6.07, 6.45) is 0.148. The molecule has 1 aromatic rings. The van der Waals surface area contributed by atoms with E-state index in [0.717, 1.165) is 0 Å². The molecule has 0 spiro atoms. The largest absolute Gasteiger partial charge is 0.383 e. The SMILES string of the molecule is COC[C@H](C)N1C[C@H](C(=O)Nc2ccc(S(N)(=O)=O)cc2)CC1=O. The molecule has 1 aliphatic heterocycles. The number of hydrogen-bond donors (Lipinski definition) is 2. The molecule has 24 heavy (non-hydrogen) atoms. The standard InChI is InChI=1S/C15H21N3O5S/c1-10(9-23-2)18-8-11(7-14(18)19)15(20)17-12-3-5-13(6-4-12)24(16,21)22/h3-6,10-11H,7-9H2,1-2H3,(H,17,20)(H2,16,21,22)/t10-,11+/m0/s1. The molecular formula is C15H21N3O5S. The molecule has 0 bridgehead atoms. The first-order chi connectivity index (χ1) is 11.2. The number of nitrogens with one attached hydrogen (secondary N) is 1. The summed E-state index contributed by atoms with van der Waals surface area (Å²) in [5.41, 5.74) is 0.447. The lowest BCUT2D eigenvalue weighted by molar-refractivity contribution is -0.130. The van der Waals surface area contributed by atoms with Gasteiger partial charge in [0.2, 0.25) is 21.8 Å². The molecule has 2 atom stereocenters. The number of hydrogen-bond acceptors (Lipinski definition) is 5. The molecule has 2 rings (SSSR count). The maximum absolute atomic E-state index is 12.3. The highest BCUT2D eigenvalue weighted by Crippen LogP contribution is 2.22. The number of primary sulfonamides is 1. The number of sulfonamides is 1. The van der Waals surface area contributed by atoms with Crippen molar-refractivity contribution >= 4 is 27.5 Å². The molecule has 1 aliphatic rings. The van der Waals surface area contributed by atoms with Gasteiger partial charge in [0.1, 0.15) is 0 Å². The highest BCUT2D eigenvalue weighted by molar-refractivity contribution is 7.89. The van der Waals surface area contributed by atoms with Crippen LogP contribution in [0.5, 0.6) is 0 Å². The van der Waals surface area contributed by atoms with Crippen LogP contribution in [0.15, 0.2) is 29.2 Å². The zero-order valence-electron chi connectivity index (χ0n) is 13.6. The molecule has 9 heteroatoms. The van der Waals surface area contributed by atoms with Crippen LogP contribution in [0.25, 0.3) is 0 Å². The van der Waals surface area contributed by atoms with Gasteiger partial charge in [-0.05, 0) is 31.2 Å². The third kappa shape index (κ3) is 4.31. The van der Waals surface area contributed by atoms with Gasteiger partial charge in [-0.1, -0.05) is 0 Å². The Morgan fingerprint density at radius 2 is 2.04 bits per heavy atom. The van der Waals surface area contributed by atoms with E-state index in [-0.39, 0.29) is 29.2 Å². The number of rotatable bonds is 6. The molecule has 0 aromatic heterocycles. The van der Waals surface area contributed by atoms with Crippen LogP contribution >= 0.6 is 0 Å². The average molecular weight is 355 g/mol. The monoisotopic (exact) mass is 355 g/mol. The first kappa shape index (κ1) is 18.4. The van der Waals surface area contributed by atoms with Gasteiger partial charge in [-0.15, -0.1) is 0 Å². The van der Waals surface area contributed by atoms with E-state index in [9.17, 15) is 18.0 Å². The normalized spacial score (nSPS) is 19.4. The molecule has 8 nitrogen and oxygen atoms in total. The summed E-state index contributed by atoms with van der Waals surface area (Å²) in [7, 11) is -2.21. The topological polar surface area (TPSA) is 119 Å². The van der Waals surface area contributed by atoms with E-state index in [1.54, 1.807) is 12.0 Å². The van der Waals surface area contributed by atoms with Gasteiger partial charge in [0, 0.05) is 25.8 Å². The zero-order chi connectivity index (χ0) is 17.9. The smallest absolute Gasteiger partial charge is 0.238 e. The third-order valence-corrected chi connectivity index (χ3v) is 4.85. The minimum Gasteiger partial charge on any atom is -0.383 e. The Bertz CT molecular complexity index is 717. The number of nitrogens with two attached hydrogens (primary N) is 1. The Hall–Kier alpha value is -1.97. The van der Waals surface area contributed by atoms with Crippen molar-refractivity contribution in [3.8, 4) is 0 Å². The molecule has 0 radical (unpaired) electrons. The molecule has 0 saturated carbocycles. The summed E-state index contributed by atoms with van der Waals surface area (Å²) < 4.78 is 27.4. The molecule has 0 unspecified atom stereocenters. The Morgan fingerprint density at radius 1 is 1.42 bits per heavy atom. The fourth-order valence-corrected chi connectivity index (χ4v) is 3.15. The van der Waals surface area contributed by atoms with Crippen molar-refractivity contribution < 1.29 is 22.7 Å². The van der Waals surface area contributed by atoms with Crippen LogP contribution in [0.2, 0.25) is 0 Å². The molecular weight excluding hydrogens is 334 g/mol. The summed E-state index contributed by atoms with van der Waals surface area (Å²) in [5.74, 6) is -0.808. The molecule has 0 aliphatic carbocycles. The highest BCUT2D eigenvalue weighted by Gasteiger charge is 2.36. The van der Waals surface area contributed by atoms with Gasteiger partial charge in [-0.3, -0.25) is 9.59 Å². The van der Waals surface area contributed by atoms with Crippen molar-refractivity contribution in [3.63, 3.8) is 0 Å². The molecule has 1 heterocycles. The lowest BCUT2D eigenvalue weighted by Crippen LogP contribution is -2.38. The first-order valence-electron chi connectivity index (χ1n) is 7.44. The Labute approximate surface area is 141 Å². The lowest BCUT2D eigenvalue weighted by Gasteiger charge is -2.23. The zero-order valence-corrected chi connectivity index (χ0v) is 14.4. The average Bonchev–Trinajstić information content (AvgIpc) is 2.89. The van der Waals surface area contributed by atoms with Crippen molar-refractivity contribution in [2.24, 2.45) is 11.1 Å². The maximum atomic E-state index is 12.3. The number of ether oxygens (including phenoxy) is 1. The second kappa shape index (κ2) is 7.29. The highest BCUT2D eigenvalue weighted by atomic mass is 32.2. The van der Waals surface area contributed by atoms with Crippen molar-refractivity contribution in [1.29, 1.82) is 0 Å². The van der Waals surface area contributed by atoms with Crippen LogP contribution < -0.4 is 10.5 Å². The number of carbonyl (C=O) groups is 2. The number of nitrogens with zero attached hydrogens (tertiary/aromatic N) is 1. The van der Waals surface area contributed by atoms with Crippen LogP contribution in [0, 0.1) is 5.92 Å². The van der Waals surface area contributed by atoms with Crippen molar-refractivity contribution in [2.75, 3.05) is 25.6 Å². The molecule has 3 N–H and O–H groups in total. The fourth-order valence-electron chi connectivity index (χ4n) is 2.64. The van der Waals surface area contributed by atoms with E-state index in [4.69, 9.17) is 9.88 Å². The van der Waals surface area contributed by atoms with Crippen molar-refractivity contribution in [1.82, 2.24) is 4.90 Å². The van der Waals surface area contributed by atoms with E-state index in [1.165, 1.54) is 24.3 Å². The Kier molecular flexibility index (Phi) is 5.58. The fraction of sp³-hybridized carbons (Fsp3) is 0.467. The van der Waals surface area contributed by atoms with Crippen LogP contribution in [0.3, 0.4) is 0 Å². The van der Waals surface area contributed by atoms with E-state index in [2.05, 4.69) is 5.32 Å². The quantitative estimate of drug-likeness (QED) is 0.753. The van der Waals surface area contributed by atoms with Crippen LogP contribution in [0.1, 0.15) is 13.3 Å². The predicted octanol–water partition coefficient (Wildman–Crippen LogP) is 0.156. The van der Waals surface area contributed by atoms with Gasteiger partial charge < -0.3 is 15.0 Å². The number of carbonyl (C=O) groups excluding carboxylic acids is 2. The number of methoxy groups -OCH3 is 1. The number of amides is 2. The molecule has 132 valence electrons. The summed E-state index contributed by atoms with van der Waals surface area (Å²) >= 11 is 0. The van der Waals surface area contributed by atoms with Crippen LogP contribution in [-0.2, 0) is 24.3 Å². The minimum atomic E-state index is -3.77. The van der Waals surface area contributed by atoms with Gasteiger partial charge in [0.25, 0.3) is 0 Å². The van der Waals surface area contributed by atoms with Crippen molar-refractivity contribution in [2.45, 2.75) is 24.3 Å². The lowest BCUT2D eigenvalue weighted by atomic mass is 10.1. The second-order valence-corrected chi connectivity index (χ2v) is 7.37. The second-order valence-electron chi connectivity index (χ2n) is 5.81. The van der Waals surface area contributed by atoms with Crippen molar-refractivity contribution in [3.05, 3.63) is 24.3 Å². The maximum Gasteiger partial charge on any atom is 0.238 e.